The molecule has 10 heteroatoms. The van der Waals surface area contributed by atoms with Crippen LogP contribution in [0.2, 0.25) is 0 Å². The van der Waals surface area contributed by atoms with Gasteiger partial charge in [0.25, 0.3) is 5.69 Å². The summed E-state index contributed by atoms with van der Waals surface area (Å²) in [6.07, 6.45) is 0.840. The Bertz CT molecular complexity index is 643. The molecule has 0 aliphatic heterocycles. The van der Waals surface area contributed by atoms with Gasteiger partial charge in [0, 0.05) is 37.7 Å². The number of rotatable bonds is 9. The van der Waals surface area contributed by atoms with Crippen molar-refractivity contribution in [2.75, 3.05) is 13.1 Å². The van der Waals surface area contributed by atoms with Crippen LogP contribution in [0.3, 0.4) is 0 Å². The van der Waals surface area contributed by atoms with E-state index >= 15 is 0 Å². The Hall–Kier alpha value is -2.04. The maximum absolute atomic E-state index is 12.0. The summed E-state index contributed by atoms with van der Waals surface area (Å²) in [5.74, 6) is -0.197. The van der Waals surface area contributed by atoms with Crippen molar-refractivity contribution in [2.24, 2.45) is 5.73 Å². The average Bonchev–Trinajstić information content (AvgIpc) is 2.49. The summed E-state index contributed by atoms with van der Waals surface area (Å²) in [5, 5.41) is 13.1. The zero-order chi connectivity index (χ0) is 17.5. The monoisotopic (exact) mass is 344 g/mol. The Morgan fingerprint density at radius 3 is 2.43 bits per heavy atom. The van der Waals surface area contributed by atoms with Crippen molar-refractivity contribution in [3.63, 3.8) is 0 Å². The van der Waals surface area contributed by atoms with Crippen LogP contribution in [0.5, 0.6) is 0 Å². The average molecular weight is 344 g/mol. The summed E-state index contributed by atoms with van der Waals surface area (Å²) in [5.41, 5.74) is 5.34. The molecule has 0 fully saturated rings. The Balaban J connectivity index is 2.44. The van der Waals surface area contributed by atoms with E-state index in [1.807, 2.05) is 0 Å². The zero-order valence-electron chi connectivity index (χ0n) is 12.7. The third kappa shape index (κ3) is 6.72. The number of nitrogens with two attached hydrogens (primary N) is 1. The number of non-ortho nitro benzene ring substituents is 1. The molecule has 0 spiro atoms. The largest absolute Gasteiger partial charge is 0.355 e. The molecule has 4 N–H and O–H groups in total. The van der Waals surface area contributed by atoms with Crippen molar-refractivity contribution < 1.29 is 18.1 Å². The van der Waals surface area contributed by atoms with Crippen molar-refractivity contribution in [1.29, 1.82) is 0 Å². The fourth-order valence-electron chi connectivity index (χ4n) is 1.66. The Morgan fingerprint density at radius 2 is 1.91 bits per heavy atom. The third-order valence-corrected chi connectivity index (χ3v) is 4.40. The number of benzene rings is 1. The number of carbonyl (C=O) groups is 1. The quantitative estimate of drug-likeness (QED) is 0.329. The minimum atomic E-state index is -3.77. The maximum Gasteiger partial charge on any atom is 0.269 e. The Kier molecular flexibility index (Phi) is 7.07. The van der Waals surface area contributed by atoms with Gasteiger partial charge >= 0.3 is 0 Å². The highest BCUT2D eigenvalue weighted by Gasteiger charge is 2.15. The lowest BCUT2D eigenvalue weighted by molar-refractivity contribution is -0.384. The molecule has 1 aromatic carbocycles. The fourth-order valence-corrected chi connectivity index (χ4v) is 2.70. The van der Waals surface area contributed by atoms with Crippen molar-refractivity contribution in [2.45, 2.75) is 30.7 Å². The van der Waals surface area contributed by atoms with Crippen molar-refractivity contribution >= 4 is 21.6 Å². The number of nitrogens with one attached hydrogen (secondary N) is 2. The highest BCUT2D eigenvalue weighted by molar-refractivity contribution is 7.89. The van der Waals surface area contributed by atoms with E-state index in [2.05, 4.69) is 10.0 Å². The van der Waals surface area contributed by atoms with Crippen LogP contribution in [-0.4, -0.2) is 38.4 Å². The second-order valence-corrected chi connectivity index (χ2v) is 6.78. The van der Waals surface area contributed by atoms with E-state index in [0.29, 0.717) is 6.42 Å². The molecule has 0 aliphatic carbocycles. The number of carbonyl (C=O) groups excluding carboxylic acids is 1. The van der Waals surface area contributed by atoms with E-state index in [-0.39, 0.29) is 42.0 Å². The molecule has 23 heavy (non-hydrogen) atoms. The van der Waals surface area contributed by atoms with Gasteiger partial charge in [-0.2, -0.15) is 0 Å². The molecule has 0 heterocycles. The molecule has 1 unspecified atom stereocenters. The molecule has 1 rings (SSSR count). The first kappa shape index (κ1) is 19.0. The summed E-state index contributed by atoms with van der Waals surface area (Å²) >= 11 is 0. The predicted octanol–water partition coefficient (Wildman–Crippen LogP) is 0.117. The van der Waals surface area contributed by atoms with Gasteiger partial charge in [-0.1, -0.05) is 0 Å². The van der Waals surface area contributed by atoms with E-state index in [1.54, 1.807) is 6.92 Å². The number of nitrogens with zero attached hydrogens (tertiary/aromatic N) is 1. The highest BCUT2D eigenvalue weighted by Crippen LogP contribution is 2.15. The molecule has 0 aliphatic rings. The molecule has 1 atom stereocenters. The highest BCUT2D eigenvalue weighted by atomic mass is 32.2. The summed E-state index contributed by atoms with van der Waals surface area (Å²) in [7, 11) is -3.77. The topological polar surface area (TPSA) is 144 Å². The minimum Gasteiger partial charge on any atom is -0.355 e. The first-order valence-corrected chi connectivity index (χ1v) is 8.47. The van der Waals surface area contributed by atoms with E-state index < -0.39 is 14.9 Å². The third-order valence-electron chi connectivity index (χ3n) is 2.92. The van der Waals surface area contributed by atoms with Crippen LogP contribution in [0, 0.1) is 10.1 Å². The van der Waals surface area contributed by atoms with Gasteiger partial charge in [-0.15, -0.1) is 0 Å². The van der Waals surface area contributed by atoms with Gasteiger partial charge in [-0.25, -0.2) is 13.1 Å². The molecule has 9 nitrogen and oxygen atoms in total. The number of amides is 1. The van der Waals surface area contributed by atoms with Gasteiger partial charge in [0.05, 0.1) is 9.82 Å². The molecule has 1 aromatic rings. The molecule has 0 radical (unpaired) electrons. The van der Waals surface area contributed by atoms with Gasteiger partial charge < -0.3 is 11.1 Å². The minimum absolute atomic E-state index is 0.0171. The molecule has 0 saturated heterocycles. The second kappa shape index (κ2) is 8.56. The van der Waals surface area contributed by atoms with Crippen LogP contribution in [-0.2, 0) is 14.8 Å². The normalized spacial score (nSPS) is 12.6. The van der Waals surface area contributed by atoms with E-state index in [1.165, 1.54) is 0 Å². The molecule has 0 saturated carbocycles. The first-order chi connectivity index (χ1) is 10.7. The molecule has 0 bridgehead atoms. The van der Waals surface area contributed by atoms with Crippen molar-refractivity contribution in [3.05, 3.63) is 34.4 Å². The van der Waals surface area contributed by atoms with Gasteiger partial charge in [0.1, 0.15) is 0 Å². The lowest BCUT2D eigenvalue weighted by Crippen LogP contribution is -2.35. The molecule has 0 aromatic heterocycles. The Labute approximate surface area is 134 Å². The number of nitro groups is 1. The van der Waals surface area contributed by atoms with Crippen molar-refractivity contribution in [3.8, 4) is 0 Å². The van der Waals surface area contributed by atoms with Crippen molar-refractivity contribution in [1.82, 2.24) is 10.0 Å². The first-order valence-electron chi connectivity index (χ1n) is 6.99. The number of sulfonamides is 1. The van der Waals surface area contributed by atoms with Crippen LogP contribution in [0.4, 0.5) is 5.69 Å². The van der Waals surface area contributed by atoms with Crippen LogP contribution in [0.1, 0.15) is 19.8 Å². The van der Waals surface area contributed by atoms with E-state index in [0.717, 1.165) is 24.3 Å². The zero-order valence-corrected chi connectivity index (χ0v) is 13.5. The SMILES string of the molecule is CC(N)CCC(=O)NCCNS(=O)(=O)c1ccc([N+](=O)[O-])cc1. The predicted molar refractivity (Wildman–Crippen MR) is 84.2 cm³/mol. The number of hydrogen-bond acceptors (Lipinski definition) is 6. The second-order valence-electron chi connectivity index (χ2n) is 5.01. The molecule has 1 amide bonds. The lowest BCUT2D eigenvalue weighted by Gasteiger charge is -2.09. The van der Waals surface area contributed by atoms with Gasteiger partial charge in [0.2, 0.25) is 15.9 Å². The van der Waals surface area contributed by atoms with E-state index in [9.17, 15) is 23.3 Å². The van der Waals surface area contributed by atoms with Crippen LogP contribution in [0.25, 0.3) is 0 Å². The fraction of sp³-hybridized carbons (Fsp3) is 0.462. The van der Waals surface area contributed by atoms with Crippen LogP contribution < -0.4 is 15.8 Å². The summed E-state index contributed by atoms with van der Waals surface area (Å²) < 4.78 is 26.2. The Morgan fingerprint density at radius 1 is 1.30 bits per heavy atom. The summed E-state index contributed by atoms with van der Waals surface area (Å²) in [4.78, 5) is 21.3. The smallest absolute Gasteiger partial charge is 0.269 e. The van der Waals surface area contributed by atoms with Crippen LogP contribution >= 0.6 is 0 Å². The standard InChI is InChI=1S/C13H20N4O5S/c1-10(14)2-7-13(18)15-8-9-16-23(21,22)12-5-3-11(4-6-12)17(19)20/h3-6,10,16H,2,7-9,14H2,1H3,(H,15,18). The molecule has 128 valence electrons. The maximum atomic E-state index is 12.0. The lowest BCUT2D eigenvalue weighted by atomic mass is 10.2. The van der Waals surface area contributed by atoms with Gasteiger partial charge in [-0.05, 0) is 25.5 Å². The van der Waals surface area contributed by atoms with Gasteiger partial charge in [0.15, 0.2) is 0 Å². The molecular formula is C13H20N4O5S. The van der Waals surface area contributed by atoms with E-state index in [4.69, 9.17) is 5.73 Å². The van der Waals surface area contributed by atoms with Gasteiger partial charge in [-0.3, -0.25) is 14.9 Å². The summed E-state index contributed by atoms with van der Waals surface area (Å²) in [6.45, 7) is 1.96. The number of hydrogen-bond donors (Lipinski definition) is 3. The number of nitro benzene ring substituents is 1. The summed E-state index contributed by atoms with van der Waals surface area (Å²) in [6, 6.07) is 4.47. The van der Waals surface area contributed by atoms with Crippen LogP contribution in [0.15, 0.2) is 29.2 Å². The molecular weight excluding hydrogens is 324 g/mol.